The average molecular weight is 648 g/mol. The van der Waals surface area contributed by atoms with Gasteiger partial charge in [-0.1, -0.05) is 133 Å². The molecule has 1 unspecified atom stereocenters. The van der Waals surface area contributed by atoms with E-state index in [1.165, 1.54) is 21.9 Å². The molecule has 0 bridgehead atoms. The van der Waals surface area contributed by atoms with Crippen molar-refractivity contribution in [2.45, 2.75) is 12.7 Å². The largest absolute Gasteiger partial charge is 0.398 e. The van der Waals surface area contributed by atoms with Crippen molar-refractivity contribution in [2.24, 2.45) is 4.99 Å². The number of benzene rings is 7. The van der Waals surface area contributed by atoms with Crippen molar-refractivity contribution >= 4 is 33.7 Å². The standard InChI is InChI=1S/C45H37N5/c46-42-20-9-7-18-39(42)36-24-27-44-41(29-36)40-19-8-10-21-43(40)50(44)38-25-22-34(23-26-38)35-16-11-17-37(28-35)45(47-30-32-12-3-1-4-13-32)49-48-31-33-14-5-2-6-15-33/h1-30,45,48-49H,31,46H2. The lowest BCUT2D eigenvalue weighted by molar-refractivity contribution is 0.449. The predicted molar refractivity (Wildman–Crippen MR) is 209 cm³/mol. The van der Waals surface area contributed by atoms with Gasteiger partial charge >= 0.3 is 0 Å². The van der Waals surface area contributed by atoms with Crippen molar-refractivity contribution in [3.8, 4) is 27.9 Å². The Balaban J connectivity index is 1.10. The van der Waals surface area contributed by atoms with Gasteiger partial charge in [0.25, 0.3) is 0 Å². The number of aliphatic imine (C=N–C) groups is 1. The molecule has 0 saturated carbocycles. The number of nitrogens with two attached hydrogens (primary N) is 1. The molecule has 0 radical (unpaired) electrons. The number of hydrazine groups is 1. The number of rotatable bonds is 10. The second kappa shape index (κ2) is 14.1. The summed E-state index contributed by atoms with van der Waals surface area (Å²) >= 11 is 0. The SMILES string of the molecule is Nc1ccccc1-c1ccc2c(c1)c1ccccc1n2-c1ccc(-c2cccc(C(N=Cc3ccccc3)NNCc3ccccc3)c2)cc1. The van der Waals surface area contributed by atoms with Crippen molar-refractivity contribution in [2.75, 3.05) is 5.73 Å². The van der Waals surface area contributed by atoms with Gasteiger partial charge in [-0.2, -0.15) is 0 Å². The van der Waals surface area contributed by atoms with Crippen molar-refractivity contribution in [1.82, 2.24) is 15.4 Å². The summed E-state index contributed by atoms with van der Waals surface area (Å²) in [5.41, 5.74) is 25.2. The number of nitrogens with one attached hydrogen (secondary N) is 2. The van der Waals surface area contributed by atoms with Crippen molar-refractivity contribution in [3.63, 3.8) is 0 Å². The maximum Gasteiger partial charge on any atom is 0.137 e. The predicted octanol–water partition coefficient (Wildman–Crippen LogP) is 10.1. The van der Waals surface area contributed by atoms with Gasteiger partial charge in [0.2, 0.25) is 0 Å². The molecule has 0 spiro atoms. The van der Waals surface area contributed by atoms with E-state index in [9.17, 15) is 0 Å². The van der Waals surface area contributed by atoms with Crippen LogP contribution in [0.15, 0.2) is 181 Å². The fourth-order valence-corrected chi connectivity index (χ4v) is 6.62. The normalized spacial score (nSPS) is 12.2. The monoisotopic (exact) mass is 647 g/mol. The molecule has 50 heavy (non-hydrogen) atoms. The number of anilines is 1. The van der Waals surface area contributed by atoms with Crippen LogP contribution in [0.3, 0.4) is 0 Å². The summed E-state index contributed by atoms with van der Waals surface area (Å²) in [6.07, 6.45) is 1.64. The third-order valence-electron chi connectivity index (χ3n) is 9.15. The first-order valence-electron chi connectivity index (χ1n) is 16.9. The summed E-state index contributed by atoms with van der Waals surface area (Å²) in [7, 11) is 0. The molecule has 0 amide bonds. The number of hydrogen-bond acceptors (Lipinski definition) is 4. The number of aromatic nitrogens is 1. The molecule has 1 atom stereocenters. The molecule has 0 fully saturated rings. The molecule has 8 rings (SSSR count). The zero-order chi connectivity index (χ0) is 33.7. The molecule has 5 nitrogen and oxygen atoms in total. The molecule has 242 valence electrons. The maximum absolute atomic E-state index is 6.36. The van der Waals surface area contributed by atoms with Crippen LogP contribution in [-0.2, 0) is 6.54 Å². The van der Waals surface area contributed by atoms with Gasteiger partial charge < -0.3 is 10.3 Å². The number of fused-ring (bicyclic) bond motifs is 3. The zero-order valence-electron chi connectivity index (χ0n) is 27.6. The molecule has 0 aliphatic carbocycles. The lowest BCUT2D eigenvalue weighted by Gasteiger charge is -2.17. The van der Waals surface area contributed by atoms with Crippen molar-refractivity contribution in [3.05, 3.63) is 193 Å². The lowest BCUT2D eigenvalue weighted by Crippen LogP contribution is -2.34. The summed E-state index contributed by atoms with van der Waals surface area (Å²) in [4.78, 5) is 4.96. The fourth-order valence-electron chi connectivity index (χ4n) is 6.62. The lowest BCUT2D eigenvalue weighted by atomic mass is 10.0. The molecular formula is C45H37N5. The van der Waals surface area contributed by atoms with Gasteiger partial charge in [-0.3, -0.25) is 10.4 Å². The highest BCUT2D eigenvalue weighted by Crippen LogP contribution is 2.36. The maximum atomic E-state index is 6.36. The van der Waals surface area contributed by atoms with Crippen molar-refractivity contribution < 1.29 is 0 Å². The van der Waals surface area contributed by atoms with E-state index in [-0.39, 0.29) is 6.17 Å². The van der Waals surface area contributed by atoms with Crippen LogP contribution in [0.25, 0.3) is 49.7 Å². The summed E-state index contributed by atoms with van der Waals surface area (Å²) in [6, 6.07) is 61.3. The van der Waals surface area contributed by atoms with Gasteiger partial charge in [0.15, 0.2) is 0 Å². The first-order valence-corrected chi connectivity index (χ1v) is 16.9. The van der Waals surface area contributed by atoms with Gasteiger partial charge in [-0.15, -0.1) is 0 Å². The van der Waals surface area contributed by atoms with E-state index in [0.29, 0.717) is 6.54 Å². The van der Waals surface area contributed by atoms with Crippen molar-refractivity contribution in [1.29, 1.82) is 0 Å². The van der Waals surface area contributed by atoms with Crippen LogP contribution in [-0.4, -0.2) is 10.8 Å². The molecule has 1 aromatic heterocycles. The first kappa shape index (κ1) is 31.0. The number of para-hydroxylation sites is 2. The topological polar surface area (TPSA) is 67.4 Å². The van der Waals surface area contributed by atoms with E-state index >= 15 is 0 Å². The Kier molecular flexibility index (Phi) is 8.73. The second-order valence-corrected chi connectivity index (χ2v) is 12.4. The molecule has 7 aromatic carbocycles. The summed E-state index contributed by atoms with van der Waals surface area (Å²) in [5.74, 6) is 0. The van der Waals surface area contributed by atoms with Crippen LogP contribution in [0.4, 0.5) is 5.69 Å². The Morgan fingerprint density at radius 1 is 0.580 bits per heavy atom. The second-order valence-electron chi connectivity index (χ2n) is 12.4. The Labute approximate surface area is 292 Å². The third-order valence-corrected chi connectivity index (χ3v) is 9.15. The molecule has 1 heterocycles. The summed E-state index contributed by atoms with van der Waals surface area (Å²) in [6.45, 7) is 0.684. The van der Waals surface area contributed by atoms with Crippen LogP contribution < -0.4 is 16.6 Å². The van der Waals surface area contributed by atoms with E-state index < -0.39 is 0 Å². The van der Waals surface area contributed by atoms with E-state index in [2.05, 4.69) is 149 Å². The Hall–Kier alpha value is -6.27. The number of hydrogen-bond donors (Lipinski definition) is 3. The average Bonchev–Trinajstić information content (AvgIpc) is 3.51. The van der Waals surface area contributed by atoms with Crippen LogP contribution >= 0.6 is 0 Å². The van der Waals surface area contributed by atoms with Crippen LogP contribution in [0.1, 0.15) is 22.9 Å². The van der Waals surface area contributed by atoms with E-state index in [4.69, 9.17) is 10.7 Å². The molecule has 5 heteroatoms. The highest BCUT2D eigenvalue weighted by molar-refractivity contribution is 6.10. The highest BCUT2D eigenvalue weighted by Gasteiger charge is 2.15. The molecule has 4 N–H and O–H groups in total. The smallest absolute Gasteiger partial charge is 0.137 e. The minimum atomic E-state index is -0.285. The summed E-state index contributed by atoms with van der Waals surface area (Å²) in [5, 5.41) is 2.42. The van der Waals surface area contributed by atoms with Crippen LogP contribution in [0, 0.1) is 0 Å². The molecule has 0 aliphatic heterocycles. The van der Waals surface area contributed by atoms with Crippen LogP contribution in [0.2, 0.25) is 0 Å². The zero-order valence-corrected chi connectivity index (χ0v) is 27.6. The highest BCUT2D eigenvalue weighted by atomic mass is 15.4. The van der Waals surface area contributed by atoms with E-state index in [0.717, 1.165) is 50.3 Å². The number of nitrogen functional groups attached to an aromatic ring is 1. The minimum absolute atomic E-state index is 0.285. The molecule has 0 aliphatic rings. The first-order chi connectivity index (χ1) is 24.7. The Morgan fingerprint density at radius 3 is 2.10 bits per heavy atom. The minimum Gasteiger partial charge on any atom is -0.398 e. The Morgan fingerprint density at radius 2 is 1.28 bits per heavy atom. The van der Waals surface area contributed by atoms with Gasteiger partial charge in [-0.25, -0.2) is 5.43 Å². The van der Waals surface area contributed by atoms with Gasteiger partial charge in [-0.05, 0) is 75.8 Å². The molecule has 0 saturated heterocycles. The van der Waals surface area contributed by atoms with E-state index in [1.54, 1.807) is 0 Å². The summed E-state index contributed by atoms with van der Waals surface area (Å²) < 4.78 is 2.35. The van der Waals surface area contributed by atoms with Gasteiger partial charge in [0.1, 0.15) is 6.17 Å². The van der Waals surface area contributed by atoms with Gasteiger partial charge in [0, 0.05) is 40.5 Å². The third kappa shape index (κ3) is 6.43. The Bertz CT molecular complexity index is 2410. The van der Waals surface area contributed by atoms with Crippen LogP contribution in [0.5, 0.6) is 0 Å². The number of nitrogens with zero attached hydrogens (tertiary/aromatic N) is 2. The van der Waals surface area contributed by atoms with E-state index in [1.807, 2.05) is 48.7 Å². The molecular weight excluding hydrogens is 611 g/mol. The molecule has 8 aromatic rings. The van der Waals surface area contributed by atoms with Gasteiger partial charge in [0.05, 0.1) is 11.0 Å². The quantitative estimate of drug-likeness (QED) is 0.0786. The fraction of sp³-hybridized carbons (Fsp3) is 0.0444.